The van der Waals surface area contributed by atoms with Crippen molar-refractivity contribution in [2.45, 2.75) is 6.42 Å². The van der Waals surface area contributed by atoms with Crippen LogP contribution >= 0.6 is 0 Å². The Morgan fingerprint density at radius 3 is 2.06 bits per heavy atom. The predicted molar refractivity (Wildman–Crippen MR) is 133 cm³/mol. The van der Waals surface area contributed by atoms with Crippen molar-refractivity contribution < 1.29 is 5.21 Å². The van der Waals surface area contributed by atoms with E-state index >= 15 is 0 Å². The Morgan fingerprint density at radius 1 is 0.824 bits per heavy atom. The van der Waals surface area contributed by atoms with Crippen molar-refractivity contribution in [3.05, 3.63) is 119 Å². The summed E-state index contributed by atoms with van der Waals surface area (Å²) in [4.78, 5) is 2.01. The van der Waals surface area contributed by atoms with Gasteiger partial charge in [-0.05, 0) is 47.5 Å². The maximum absolute atomic E-state index is 12.1. The summed E-state index contributed by atoms with van der Waals surface area (Å²) >= 11 is 0. The number of hydrogen-bond acceptors (Lipinski definition) is 5. The van der Waals surface area contributed by atoms with Crippen molar-refractivity contribution in [3.63, 3.8) is 0 Å². The van der Waals surface area contributed by atoms with E-state index in [4.69, 9.17) is 0 Å². The Morgan fingerprint density at radius 2 is 1.41 bits per heavy atom. The van der Waals surface area contributed by atoms with Gasteiger partial charge in [-0.25, -0.2) is 0 Å². The van der Waals surface area contributed by atoms with Gasteiger partial charge in [0.2, 0.25) is 0 Å². The highest BCUT2D eigenvalue weighted by atomic mass is 16.8. The van der Waals surface area contributed by atoms with Crippen LogP contribution in [-0.4, -0.2) is 25.0 Å². The van der Waals surface area contributed by atoms with E-state index in [9.17, 15) is 10.4 Å². The highest BCUT2D eigenvalue weighted by molar-refractivity contribution is 6.03. The molecule has 8 heteroatoms. The fraction of sp³-hybridized carbons (Fsp3) is 0.0385. The number of aromatic nitrogens is 3. The highest BCUT2D eigenvalue weighted by Gasteiger charge is 2.26. The molecule has 2 aromatic heterocycles. The maximum atomic E-state index is 12.1. The summed E-state index contributed by atoms with van der Waals surface area (Å²) in [5.41, 5.74) is 9.35. The molecule has 6 aromatic rings. The average molecular weight is 449 g/mol. The Balaban J connectivity index is 1.40. The van der Waals surface area contributed by atoms with Crippen LogP contribution in [0, 0.1) is 5.21 Å². The van der Waals surface area contributed by atoms with Crippen molar-refractivity contribution in [1.29, 1.82) is 0 Å². The average Bonchev–Trinajstić information content (AvgIpc) is 3.56. The minimum Gasteiger partial charge on any atom is -0.733 e. The Labute approximate surface area is 195 Å². The SMILES string of the molecule is [O-]N(O)c1cc2c(cc1CC(=NNc1ccccc1)c1ccccc1)n1n(-c3ccccc3)n21. The van der Waals surface area contributed by atoms with Gasteiger partial charge >= 0.3 is 0 Å². The van der Waals surface area contributed by atoms with Crippen LogP contribution in [0.15, 0.2) is 108 Å². The Bertz CT molecular complexity index is 1560. The molecule has 0 aliphatic heterocycles. The topological polar surface area (TPSA) is 84.7 Å². The lowest BCUT2D eigenvalue weighted by atomic mass is 10.00. The first-order chi connectivity index (χ1) is 16.7. The molecule has 0 spiro atoms. The lowest BCUT2D eigenvalue weighted by Crippen LogP contribution is -2.15. The first kappa shape index (κ1) is 20.1. The van der Waals surface area contributed by atoms with E-state index < -0.39 is 0 Å². The van der Waals surface area contributed by atoms with E-state index in [1.807, 2.05) is 111 Å². The van der Waals surface area contributed by atoms with Gasteiger partial charge in [-0.15, -0.1) is 9.26 Å². The number of nitrogens with zero attached hydrogens (tertiary/aromatic N) is 5. The molecule has 0 aliphatic carbocycles. The van der Waals surface area contributed by atoms with Crippen molar-refractivity contribution in [2.24, 2.45) is 5.10 Å². The molecular formula is C26H21N6O2-. The summed E-state index contributed by atoms with van der Waals surface area (Å²) in [5, 5.41) is 26.6. The third-order valence-corrected chi connectivity index (χ3v) is 5.87. The summed E-state index contributed by atoms with van der Waals surface area (Å²) in [6.45, 7) is 0. The number of benzene rings is 4. The fourth-order valence-corrected chi connectivity index (χ4v) is 4.18. The summed E-state index contributed by atoms with van der Waals surface area (Å²) < 4.78 is 3.97. The lowest BCUT2D eigenvalue weighted by Gasteiger charge is -2.25. The van der Waals surface area contributed by atoms with Crippen LogP contribution in [0.5, 0.6) is 0 Å². The van der Waals surface area contributed by atoms with Crippen LogP contribution in [0.3, 0.4) is 0 Å². The maximum Gasteiger partial charge on any atom is 0.115 e. The van der Waals surface area contributed by atoms with Gasteiger partial charge in [-0.3, -0.25) is 10.6 Å². The molecule has 0 amide bonds. The molecular weight excluding hydrogens is 428 g/mol. The summed E-state index contributed by atoms with van der Waals surface area (Å²) in [5.74, 6) is 0. The van der Waals surface area contributed by atoms with E-state index in [0.717, 1.165) is 33.7 Å². The first-order valence-electron chi connectivity index (χ1n) is 10.9. The molecule has 0 saturated heterocycles. The molecule has 4 aromatic carbocycles. The van der Waals surface area contributed by atoms with Gasteiger partial charge in [0, 0.05) is 6.42 Å². The second kappa shape index (κ2) is 8.11. The highest BCUT2D eigenvalue weighted by Crippen LogP contribution is 2.33. The molecule has 34 heavy (non-hydrogen) atoms. The van der Waals surface area contributed by atoms with Crippen molar-refractivity contribution in [2.75, 3.05) is 10.7 Å². The number of hydrogen-bond donors (Lipinski definition) is 2. The number of fused-ring (bicyclic) bond motifs is 4. The molecule has 168 valence electrons. The van der Waals surface area contributed by atoms with Gasteiger partial charge < -0.3 is 10.4 Å². The molecule has 0 aliphatic rings. The first-order valence-corrected chi connectivity index (χ1v) is 10.9. The molecule has 0 radical (unpaired) electrons. The van der Waals surface area contributed by atoms with E-state index in [0.29, 0.717) is 12.0 Å². The summed E-state index contributed by atoms with van der Waals surface area (Å²) in [7, 11) is 0. The standard InChI is InChI=1S/C26H21N6O2/c33-32(34)24-18-26-25(30-29(31(26)30)22-14-8-3-9-15-22)17-20(24)16-23(19-10-4-1-5-11-19)28-27-21-12-6-2-7-13-21/h1-15,17-18,27,33H,16H2/q-1. The number of hydrazone groups is 1. The number of rotatable bonds is 7. The smallest absolute Gasteiger partial charge is 0.115 e. The van der Waals surface area contributed by atoms with Crippen molar-refractivity contribution in [3.8, 4) is 5.69 Å². The third-order valence-electron chi connectivity index (χ3n) is 5.87. The largest absolute Gasteiger partial charge is 0.733 e. The molecule has 0 atom stereocenters. The van der Waals surface area contributed by atoms with E-state index in [1.165, 1.54) is 0 Å². The van der Waals surface area contributed by atoms with Gasteiger partial charge in [0.25, 0.3) is 0 Å². The van der Waals surface area contributed by atoms with Crippen LogP contribution in [0.25, 0.3) is 16.7 Å². The summed E-state index contributed by atoms with van der Waals surface area (Å²) in [6.07, 6.45) is 0.352. The summed E-state index contributed by atoms with van der Waals surface area (Å²) in [6, 6.07) is 33.1. The van der Waals surface area contributed by atoms with Gasteiger partial charge in [-0.2, -0.15) is 9.90 Å². The van der Waals surface area contributed by atoms with E-state index in [2.05, 4.69) is 10.5 Å². The molecule has 0 unspecified atom stereocenters. The zero-order chi connectivity index (χ0) is 23.1. The number of anilines is 2. The molecule has 6 rings (SSSR count). The van der Waals surface area contributed by atoms with E-state index in [-0.39, 0.29) is 10.9 Å². The number of nitrogens with one attached hydrogen (secondary N) is 1. The quantitative estimate of drug-likeness (QED) is 0.260. The Kier molecular flexibility index (Phi) is 4.80. The van der Waals surface area contributed by atoms with Crippen LogP contribution < -0.4 is 10.7 Å². The lowest BCUT2D eigenvalue weighted by molar-refractivity contribution is 0.296. The predicted octanol–water partition coefficient (Wildman–Crippen LogP) is 5.17. The minimum atomic E-state index is -0.0676. The van der Waals surface area contributed by atoms with Crippen molar-refractivity contribution in [1.82, 2.24) is 14.1 Å². The normalized spacial score (nSPS) is 12.1. The van der Waals surface area contributed by atoms with Crippen LogP contribution in [0.1, 0.15) is 11.1 Å². The van der Waals surface area contributed by atoms with Gasteiger partial charge in [0.1, 0.15) is 11.0 Å². The third kappa shape index (κ3) is 3.47. The van der Waals surface area contributed by atoms with Crippen LogP contribution in [0.2, 0.25) is 0 Å². The zero-order valence-electron chi connectivity index (χ0n) is 18.1. The van der Waals surface area contributed by atoms with Crippen LogP contribution in [-0.2, 0) is 6.42 Å². The molecule has 2 N–H and O–H groups in total. The second-order valence-corrected chi connectivity index (χ2v) is 8.03. The fourth-order valence-electron chi connectivity index (χ4n) is 4.18. The second-order valence-electron chi connectivity index (χ2n) is 8.03. The van der Waals surface area contributed by atoms with Gasteiger partial charge in [-0.1, -0.05) is 66.7 Å². The van der Waals surface area contributed by atoms with E-state index in [1.54, 1.807) is 6.07 Å². The van der Waals surface area contributed by atoms with Gasteiger partial charge in [0.15, 0.2) is 0 Å². The Hall–Kier alpha value is -4.53. The number of para-hydroxylation sites is 2. The molecule has 0 saturated carbocycles. The molecule has 2 heterocycles. The molecule has 0 bridgehead atoms. The van der Waals surface area contributed by atoms with Gasteiger partial charge in [0.05, 0.1) is 22.8 Å². The monoisotopic (exact) mass is 449 g/mol. The van der Waals surface area contributed by atoms with Crippen LogP contribution in [0.4, 0.5) is 11.4 Å². The minimum absolute atomic E-state index is 0.0676. The molecule has 0 fully saturated rings. The zero-order valence-corrected chi connectivity index (χ0v) is 18.1. The van der Waals surface area contributed by atoms with Crippen molar-refractivity contribution >= 4 is 28.1 Å². The molecule has 8 nitrogen and oxygen atoms in total.